The molecule has 0 spiro atoms. The van der Waals surface area contributed by atoms with Gasteiger partial charge < -0.3 is 9.47 Å². The number of fused-ring (bicyclic) bond motifs is 1. The van der Waals surface area contributed by atoms with Crippen LogP contribution in [0.25, 0.3) is 0 Å². The van der Waals surface area contributed by atoms with Crippen molar-refractivity contribution in [2.24, 2.45) is 0 Å². The Morgan fingerprint density at radius 3 is 2.71 bits per heavy atom. The van der Waals surface area contributed by atoms with E-state index in [-0.39, 0.29) is 0 Å². The highest BCUT2D eigenvalue weighted by Gasteiger charge is 2.24. The standard InChI is InChI=1S/C14H16O3/c15-12-4-2-10(8-12)11-3-5-13-14(9-11)17-7-1-6-16-13/h3,5,9-10H,1-2,4,6-8H2. The number of ether oxygens (including phenoxy) is 2. The van der Waals surface area contributed by atoms with Crippen LogP contribution in [0.5, 0.6) is 11.5 Å². The van der Waals surface area contributed by atoms with Crippen LogP contribution < -0.4 is 9.47 Å². The van der Waals surface area contributed by atoms with Gasteiger partial charge >= 0.3 is 0 Å². The molecule has 1 aliphatic heterocycles. The first-order valence-electron chi connectivity index (χ1n) is 6.24. The molecule has 0 aromatic heterocycles. The third kappa shape index (κ3) is 2.14. The highest BCUT2D eigenvalue weighted by Crippen LogP contribution is 2.37. The lowest BCUT2D eigenvalue weighted by molar-refractivity contribution is -0.117. The first kappa shape index (κ1) is 10.6. The van der Waals surface area contributed by atoms with Crippen molar-refractivity contribution in [3.05, 3.63) is 23.8 Å². The molecule has 1 aromatic rings. The van der Waals surface area contributed by atoms with Gasteiger partial charge in [-0.1, -0.05) is 6.07 Å². The van der Waals surface area contributed by atoms with Gasteiger partial charge in [0, 0.05) is 19.3 Å². The van der Waals surface area contributed by atoms with Gasteiger partial charge in [0.1, 0.15) is 5.78 Å². The van der Waals surface area contributed by atoms with Crippen molar-refractivity contribution in [1.29, 1.82) is 0 Å². The highest BCUT2D eigenvalue weighted by molar-refractivity contribution is 5.81. The molecule has 3 rings (SSSR count). The summed E-state index contributed by atoms with van der Waals surface area (Å²) in [6, 6.07) is 6.08. The normalized spacial score (nSPS) is 23.5. The van der Waals surface area contributed by atoms with Crippen LogP contribution in [0.4, 0.5) is 0 Å². The largest absolute Gasteiger partial charge is 0.490 e. The van der Waals surface area contributed by atoms with Crippen LogP contribution in [0.2, 0.25) is 0 Å². The van der Waals surface area contributed by atoms with E-state index in [1.54, 1.807) is 0 Å². The molecule has 1 fully saturated rings. The summed E-state index contributed by atoms with van der Waals surface area (Å²) in [6.45, 7) is 1.42. The third-order valence-corrected chi connectivity index (χ3v) is 3.49. The molecule has 3 heteroatoms. The Labute approximate surface area is 101 Å². The predicted octanol–water partition coefficient (Wildman–Crippen LogP) is 2.68. The molecular weight excluding hydrogens is 216 g/mol. The van der Waals surface area contributed by atoms with Crippen molar-refractivity contribution in [3.63, 3.8) is 0 Å². The SMILES string of the molecule is O=C1CCC(c2ccc3c(c2)OCCCO3)C1. The lowest BCUT2D eigenvalue weighted by atomic mass is 9.97. The molecule has 1 heterocycles. The summed E-state index contributed by atoms with van der Waals surface area (Å²) >= 11 is 0. The molecule has 0 radical (unpaired) electrons. The Balaban J connectivity index is 1.87. The molecule has 0 saturated heterocycles. The highest BCUT2D eigenvalue weighted by atomic mass is 16.5. The van der Waals surface area contributed by atoms with Gasteiger partial charge in [0.05, 0.1) is 13.2 Å². The summed E-state index contributed by atoms with van der Waals surface area (Å²) in [5.41, 5.74) is 1.21. The molecule has 0 bridgehead atoms. The van der Waals surface area contributed by atoms with Crippen molar-refractivity contribution in [3.8, 4) is 11.5 Å². The monoisotopic (exact) mass is 232 g/mol. The average molecular weight is 232 g/mol. The fourth-order valence-corrected chi connectivity index (χ4v) is 2.53. The first-order valence-corrected chi connectivity index (χ1v) is 6.24. The van der Waals surface area contributed by atoms with Crippen molar-refractivity contribution in [2.75, 3.05) is 13.2 Å². The number of hydrogen-bond acceptors (Lipinski definition) is 3. The summed E-state index contributed by atoms with van der Waals surface area (Å²) in [4.78, 5) is 11.3. The molecule has 1 saturated carbocycles. The Morgan fingerprint density at radius 1 is 1.12 bits per heavy atom. The van der Waals surface area contributed by atoms with E-state index < -0.39 is 0 Å². The fourth-order valence-electron chi connectivity index (χ4n) is 2.53. The van der Waals surface area contributed by atoms with Gasteiger partial charge in [0.25, 0.3) is 0 Å². The van der Waals surface area contributed by atoms with E-state index >= 15 is 0 Å². The number of carbonyl (C=O) groups is 1. The summed E-state index contributed by atoms with van der Waals surface area (Å²) in [5.74, 6) is 2.41. The number of carbonyl (C=O) groups excluding carboxylic acids is 1. The number of rotatable bonds is 1. The maximum Gasteiger partial charge on any atom is 0.161 e. The van der Waals surface area contributed by atoms with Crippen LogP contribution in [0.15, 0.2) is 18.2 Å². The number of benzene rings is 1. The van der Waals surface area contributed by atoms with Crippen LogP contribution >= 0.6 is 0 Å². The summed E-state index contributed by atoms with van der Waals surface area (Å²) in [7, 11) is 0. The van der Waals surface area contributed by atoms with Gasteiger partial charge in [0.15, 0.2) is 11.5 Å². The summed E-state index contributed by atoms with van der Waals surface area (Å²) < 4.78 is 11.3. The number of hydrogen-bond donors (Lipinski definition) is 0. The van der Waals surface area contributed by atoms with E-state index in [2.05, 4.69) is 6.07 Å². The third-order valence-electron chi connectivity index (χ3n) is 3.49. The van der Waals surface area contributed by atoms with Crippen LogP contribution in [-0.4, -0.2) is 19.0 Å². The summed E-state index contributed by atoms with van der Waals surface area (Å²) in [5, 5.41) is 0. The van der Waals surface area contributed by atoms with Crippen LogP contribution in [0.1, 0.15) is 37.2 Å². The maximum absolute atomic E-state index is 11.3. The van der Waals surface area contributed by atoms with Gasteiger partial charge in [0.2, 0.25) is 0 Å². The molecule has 0 amide bonds. The van der Waals surface area contributed by atoms with Crippen molar-refractivity contribution < 1.29 is 14.3 Å². The molecule has 1 atom stereocenters. The van der Waals surface area contributed by atoms with Gasteiger partial charge in [-0.15, -0.1) is 0 Å². The molecule has 2 aliphatic rings. The molecule has 1 aliphatic carbocycles. The van der Waals surface area contributed by atoms with Crippen molar-refractivity contribution in [1.82, 2.24) is 0 Å². The van der Waals surface area contributed by atoms with E-state index in [4.69, 9.17) is 9.47 Å². The first-order chi connectivity index (χ1) is 8.33. The van der Waals surface area contributed by atoms with E-state index in [0.717, 1.165) is 30.8 Å². The van der Waals surface area contributed by atoms with Gasteiger partial charge in [-0.05, 0) is 30.0 Å². The zero-order valence-corrected chi connectivity index (χ0v) is 9.78. The Hall–Kier alpha value is -1.51. The second-order valence-corrected chi connectivity index (χ2v) is 4.74. The van der Waals surface area contributed by atoms with Crippen LogP contribution in [-0.2, 0) is 4.79 Å². The van der Waals surface area contributed by atoms with E-state index in [1.807, 2.05) is 12.1 Å². The Morgan fingerprint density at radius 2 is 1.94 bits per heavy atom. The van der Waals surface area contributed by atoms with E-state index in [9.17, 15) is 4.79 Å². The molecule has 1 aromatic carbocycles. The quantitative estimate of drug-likeness (QED) is 0.746. The zero-order valence-electron chi connectivity index (χ0n) is 9.78. The Bertz CT molecular complexity index is 439. The van der Waals surface area contributed by atoms with E-state index in [1.165, 1.54) is 5.56 Å². The molecule has 3 nitrogen and oxygen atoms in total. The average Bonchev–Trinajstić information content (AvgIpc) is 2.64. The molecule has 1 unspecified atom stereocenters. The smallest absolute Gasteiger partial charge is 0.161 e. The molecule has 17 heavy (non-hydrogen) atoms. The summed E-state index contributed by atoms with van der Waals surface area (Å²) in [6.07, 6.45) is 3.29. The van der Waals surface area contributed by atoms with Crippen molar-refractivity contribution >= 4 is 5.78 Å². The van der Waals surface area contributed by atoms with Crippen molar-refractivity contribution in [2.45, 2.75) is 31.6 Å². The van der Waals surface area contributed by atoms with Crippen LogP contribution in [0, 0.1) is 0 Å². The van der Waals surface area contributed by atoms with Gasteiger partial charge in [-0.25, -0.2) is 0 Å². The Kier molecular flexibility index (Phi) is 2.75. The zero-order chi connectivity index (χ0) is 11.7. The molecule has 0 N–H and O–H groups in total. The fraction of sp³-hybridized carbons (Fsp3) is 0.500. The minimum atomic E-state index is 0.375. The maximum atomic E-state index is 11.3. The lowest BCUT2D eigenvalue weighted by Crippen LogP contribution is -1.98. The minimum Gasteiger partial charge on any atom is -0.490 e. The minimum absolute atomic E-state index is 0.375. The molecular formula is C14H16O3. The van der Waals surface area contributed by atoms with Gasteiger partial charge in [-0.3, -0.25) is 4.79 Å². The topological polar surface area (TPSA) is 35.5 Å². The number of ketones is 1. The predicted molar refractivity (Wildman–Crippen MR) is 63.6 cm³/mol. The van der Waals surface area contributed by atoms with Gasteiger partial charge in [-0.2, -0.15) is 0 Å². The lowest BCUT2D eigenvalue weighted by Gasteiger charge is -2.12. The van der Waals surface area contributed by atoms with E-state index in [0.29, 0.717) is 31.3 Å². The second kappa shape index (κ2) is 4.40. The second-order valence-electron chi connectivity index (χ2n) is 4.74. The van der Waals surface area contributed by atoms with Crippen LogP contribution in [0.3, 0.4) is 0 Å². The molecule has 90 valence electrons. The number of Topliss-reactive ketones (excluding diaryl/α,β-unsaturated/α-hetero) is 1.